The Kier molecular flexibility index (Phi) is 5.84. The molecular weight excluding hydrogens is 302 g/mol. The van der Waals surface area contributed by atoms with E-state index in [1.807, 2.05) is 24.3 Å². The minimum atomic E-state index is 1.03. The first-order chi connectivity index (χ1) is 12.4. The van der Waals surface area contributed by atoms with E-state index in [4.69, 9.17) is 0 Å². The fourth-order valence-electron chi connectivity index (χ4n) is 2.86. The van der Waals surface area contributed by atoms with Crippen molar-refractivity contribution in [3.8, 4) is 0 Å². The number of nitrogens with zero attached hydrogens (tertiary/aromatic N) is 1. The van der Waals surface area contributed by atoms with Gasteiger partial charge in [-0.3, -0.25) is 0 Å². The quantitative estimate of drug-likeness (QED) is 0.430. The van der Waals surface area contributed by atoms with Crippen LogP contribution in [0.25, 0.3) is 0 Å². The highest BCUT2D eigenvalue weighted by atomic mass is 15.1. The lowest BCUT2D eigenvalue weighted by Gasteiger charge is -2.25. The number of hydrogen-bond donors (Lipinski definition) is 0. The van der Waals surface area contributed by atoms with E-state index in [2.05, 4.69) is 90.4 Å². The Morgan fingerprint density at radius 1 is 0.680 bits per heavy atom. The molecule has 0 radical (unpaired) electrons. The van der Waals surface area contributed by atoms with Crippen LogP contribution in [0.15, 0.2) is 110 Å². The van der Waals surface area contributed by atoms with Gasteiger partial charge in [-0.05, 0) is 54.8 Å². The van der Waals surface area contributed by atoms with Gasteiger partial charge in [0.1, 0.15) is 0 Å². The van der Waals surface area contributed by atoms with E-state index in [1.165, 1.54) is 11.3 Å². The first kappa shape index (κ1) is 16.8. The Hall–Kier alpha value is -3.06. The first-order valence-corrected chi connectivity index (χ1v) is 8.65. The van der Waals surface area contributed by atoms with Gasteiger partial charge in [-0.2, -0.15) is 0 Å². The minimum absolute atomic E-state index is 1.03. The zero-order valence-electron chi connectivity index (χ0n) is 14.4. The van der Waals surface area contributed by atoms with Crippen molar-refractivity contribution < 1.29 is 0 Å². The zero-order valence-corrected chi connectivity index (χ0v) is 14.4. The van der Waals surface area contributed by atoms with Crippen LogP contribution < -0.4 is 4.90 Å². The molecule has 0 heterocycles. The number of hydrogen-bond acceptors (Lipinski definition) is 1. The van der Waals surface area contributed by atoms with Crippen LogP contribution in [0.4, 0.5) is 17.1 Å². The Morgan fingerprint density at radius 3 is 1.72 bits per heavy atom. The summed E-state index contributed by atoms with van der Waals surface area (Å²) in [6.45, 7) is 3.70. The molecule has 3 rings (SSSR count). The lowest BCUT2D eigenvalue weighted by molar-refractivity contribution is 1.00. The molecule has 0 N–H and O–H groups in total. The molecule has 1 nitrogen and oxygen atoms in total. The SMILES string of the molecule is C=C/C=C/CCc1ccc(N(c2ccccc2)c2ccccc2)cc1. The normalized spacial score (nSPS) is 10.7. The van der Waals surface area contributed by atoms with Crippen molar-refractivity contribution in [1.82, 2.24) is 0 Å². The summed E-state index contributed by atoms with van der Waals surface area (Å²) in [4.78, 5) is 2.28. The molecule has 0 saturated carbocycles. The van der Waals surface area contributed by atoms with Crippen LogP contribution in [0.2, 0.25) is 0 Å². The van der Waals surface area contributed by atoms with E-state index in [0.717, 1.165) is 24.2 Å². The molecule has 0 unspecified atom stereocenters. The fraction of sp³-hybridized carbons (Fsp3) is 0.0833. The minimum Gasteiger partial charge on any atom is -0.311 e. The van der Waals surface area contributed by atoms with Crippen LogP contribution >= 0.6 is 0 Å². The predicted molar refractivity (Wildman–Crippen MR) is 109 cm³/mol. The van der Waals surface area contributed by atoms with E-state index < -0.39 is 0 Å². The van der Waals surface area contributed by atoms with Gasteiger partial charge in [0.25, 0.3) is 0 Å². The molecule has 0 spiro atoms. The molecule has 25 heavy (non-hydrogen) atoms. The number of allylic oxidation sites excluding steroid dienone is 3. The molecule has 0 atom stereocenters. The van der Waals surface area contributed by atoms with Crippen LogP contribution in [0, 0.1) is 0 Å². The van der Waals surface area contributed by atoms with Gasteiger partial charge < -0.3 is 4.90 Å². The molecular formula is C24H23N. The van der Waals surface area contributed by atoms with E-state index in [9.17, 15) is 0 Å². The topological polar surface area (TPSA) is 3.24 Å². The van der Waals surface area contributed by atoms with Gasteiger partial charge in [0.2, 0.25) is 0 Å². The maximum absolute atomic E-state index is 3.70. The summed E-state index contributed by atoms with van der Waals surface area (Å²) in [6.07, 6.45) is 8.05. The molecule has 3 aromatic carbocycles. The molecule has 1 heteroatoms. The number of benzene rings is 3. The van der Waals surface area contributed by atoms with Crippen LogP contribution in [-0.2, 0) is 6.42 Å². The highest BCUT2D eigenvalue weighted by Gasteiger charge is 2.11. The van der Waals surface area contributed by atoms with E-state index in [0.29, 0.717) is 0 Å². The highest BCUT2D eigenvalue weighted by molar-refractivity contribution is 5.76. The van der Waals surface area contributed by atoms with Crippen LogP contribution in [0.1, 0.15) is 12.0 Å². The van der Waals surface area contributed by atoms with Crippen molar-refractivity contribution >= 4 is 17.1 Å². The number of aryl methyl sites for hydroxylation is 1. The van der Waals surface area contributed by atoms with Gasteiger partial charge >= 0.3 is 0 Å². The summed E-state index contributed by atoms with van der Waals surface area (Å²) < 4.78 is 0. The van der Waals surface area contributed by atoms with Gasteiger partial charge in [0.05, 0.1) is 0 Å². The largest absolute Gasteiger partial charge is 0.311 e. The van der Waals surface area contributed by atoms with Crippen LogP contribution in [0.5, 0.6) is 0 Å². The fourth-order valence-corrected chi connectivity index (χ4v) is 2.86. The molecule has 0 fully saturated rings. The third-order valence-corrected chi connectivity index (χ3v) is 4.10. The summed E-state index contributed by atoms with van der Waals surface area (Å²) in [5, 5.41) is 0. The van der Waals surface area contributed by atoms with Crippen molar-refractivity contribution in [3.63, 3.8) is 0 Å². The van der Waals surface area contributed by atoms with E-state index >= 15 is 0 Å². The van der Waals surface area contributed by atoms with Crippen molar-refractivity contribution in [1.29, 1.82) is 0 Å². The number of rotatable bonds is 7. The predicted octanol–water partition coefficient (Wildman–Crippen LogP) is 6.83. The Labute approximate surface area is 150 Å². The Balaban J connectivity index is 1.87. The molecule has 0 aliphatic heterocycles. The molecule has 0 aliphatic rings. The number of anilines is 3. The second-order valence-corrected chi connectivity index (χ2v) is 5.88. The zero-order chi connectivity index (χ0) is 17.3. The van der Waals surface area contributed by atoms with Gasteiger partial charge in [-0.1, -0.05) is 73.3 Å². The summed E-state index contributed by atoms with van der Waals surface area (Å²) in [7, 11) is 0. The molecule has 0 saturated heterocycles. The van der Waals surface area contributed by atoms with Crippen molar-refractivity contribution in [2.45, 2.75) is 12.8 Å². The van der Waals surface area contributed by atoms with Crippen LogP contribution in [0.3, 0.4) is 0 Å². The third-order valence-electron chi connectivity index (χ3n) is 4.10. The smallest absolute Gasteiger partial charge is 0.0461 e. The monoisotopic (exact) mass is 325 g/mol. The molecule has 3 aromatic rings. The standard InChI is InChI=1S/C24H23N/c1-2-3-4-7-12-21-17-19-24(20-18-21)25(22-13-8-5-9-14-22)23-15-10-6-11-16-23/h2-6,8-11,13-20H,1,7,12H2/b4-3+. The summed E-state index contributed by atoms with van der Waals surface area (Å²) in [5.74, 6) is 0. The first-order valence-electron chi connectivity index (χ1n) is 8.65. The maximum atomic E-state index is 3.70. The molecule has 0 aromatic heterocycles. The Bertz CT molecular complexity index is 762. The van der Waals surface area contributed by atoms with E-state index in [-0.39, 0.29) is 0 Å². The van der Waals surface area contributed by atoms with Gasteiger partial charge in [0, 0.05) is 17.1 Å². The summed E-state index contributed by atoms with van der Waals surface area (Å²) in [6, 6.07) is 29.8. The molecule has 0 amide bonds. The molecule has 124 valence electrons. The third kappa shape index (κ3) is 4.48. The van der Waals surface area contributed by atoms with E-state index in [1.54, 1.807) is 0 Å². The summed E-state index contributed by atoms with van der Waals surface area (Å²) >= 11 is 0. The lowest BCUT2D eigenvalue weighted by Crippen LogP contribution is -2.09. The van der Waals surface area contributed by atoms with Gasteiger partial charge in [-0.25, -0.2) is 0 Å². The van der Waals surface area contributed by atoms with Crippen molar-refractivity contribution in [2.75, 3.05) is 4.90 Å². The average Bonchev–Trinajstić information content (AvgIpc) is 2.68. The molecule has 0 bridgehead atoms. The van der Waals surface area contributed by atoms with Crippen molar-refractivity contribution in [3.05, 3.63) is 115 Å². The van der Waals surface area contributed by atoms with Gasteiger partial charge in [0.15, 0.2) is 0 Å². The second-order valence-electron chi connectivity index (χ2n) is 5.88. The Morgan fingerprint density at radius 2 is 1.20 bits per heavy atom. The molecule has 0 aliphatic carbocycles. The van der Waals surface area contributed by atoms with Crippen LogP contribution in [-0.4, -0.2) is 0 Å². The summed E-state index contributed by atoms with van der Waals surface area (Å²) in [5.41, 5.74) is 4.84. The highest BCUT2D eigenvalue weighted by Crippen LogP contribution is 2.34. The number of para-hydroxylation sites is 2. The average molecular weight is 325 g/mol. The lowest BCUT2D eigenvalue weighted by atomic mass is 10.1. The second kappa shape index (κ2) is 8.70. The van der Waals surface area contributed by atoms with Gasteiger partial charge in [-0.15, -0.1) is 0 Å². The maximum Gasteiger partial charge on any atom is 0.0461 e. The van der Waals surface area contributed by atoms with Crippen molar-refractivity contribution in [2.24, 2.45) is 0 Å².